The molecule has 6 heterocycles. The van der Waals surface area contributed by atoms with E-state index in [-0.39, 0.29) is 18.0 Å². The van der Waals surface area contributed by atoms with Crippen molar-refractivity contribution < 1.29 is 17.7 Å². The minimum absolute atomic E-state index is 0.0868. The fraction of sp³-hybridized carbons (Fsp3) is 0.138. The maximum Gasteiger partial charge on any atom is 0.257 e. The molecule has 8 aromatic carbocycles. The van der Waals surface area contributed by atoms with Crippen molar-refractivity contribution in [2.24, 2.45) is 0 Å². The van der Waals surface area contributed by atoms with Gasteiger partial charge in [0.05, 0.1) is 18.2 Å². The standard InChI is InChI=1S/C65H51BN2O4/c1-37(2)43-31-54-62-55(32-43)68(63-38(3)27-44(28-39(63)4)60-33-42-15-8-11-20-56(42)71-60)64-61(49-34-45(65(5,6)7)24-26-59(49)72-64)66(62)52-25-23-41(51-36-70-58-22-13-10-19-48(51)58)30-53(52)67(54)46-17-14-16-40(29-46)50-35-69-57-21-12-9-18-47(50)57/h8-37H,1-7H3. The molecule has 0 fully saturated rings. The summed E-state index contributed by atoms with van der Waals surface area (Å²) in [6.45, 7) is 15.8. The van der Waals surface area contributed by atoms with Gasteiger partial charge in [0.15, 0.2) is 0 Å². The Morgan fingerprint density at radius 1 is 0.500 bits per heavy atom. The first-order valence-corrected chi connectivity index (χ1v) is 25.1. The number of anilines is 6. The van der Waals surface area contributed by atoms with E-state index < -0.39 is 0 Å². The number of hydrogen-bond acceptors (Lipinski definition) is 6. The molecule has 0 spiro atoms. The van der Waals surface area contributed by atoms with E-state index in [9.17, 15) is 0 Å². The SMILES string of the molecule is Cc1cc(-c2cc3ccccc3o2)cc(C)c1N1c2cc(C(C)C)cc3c2B(c2ccc(-c4coc5ccccc45)cc2N3c2cccc(-c3coc4ccccc34)c2)c2c1oc1ccc(C(C)(C)C)cc21. The summed E-state index contributed by atoms with van der Waals surface area (Å²) in [6, 6.07) is 59.2. The summed E-state index contributed by atoms with van der Waals surface area (Å²) in [5.41, 5.74) is 22.6. The molecule has 6 nitrogen and oxygen atoms in total. The molecule has 0 radical (unpaired) electrons. The normalized spacial score (nSPS) is 13.2. The van der Waals surface area contributed by atoms with Crippen molar-refractivity contribution in [3.8, 4) is 33.6 Å². The fourth-order valence-electron chi connectivity index (χ4n) is 11.8. The third-order valence-electron chi connectivity index (χ3n) is 15.4. The molecule has 0 N–H and O–H groups in total. The summed E-state index contributed by atoms with van der Waals surface area (Å²) >= 11 is 0. The molecule has 2 aliphatic rings. The Balaban J connectivity index is 1.07. The van der Waals surface area contributed by atoms with Gasteiger partial charge >= 0.3 is 0 Å². The monoisotopic (exact) mass is 934 g/mol. The van der Waals surface area contributed by atoms with Gasteiger partial charge in [-0.15, -0.1) is 0 Å². The molecule has 0 aliphatic carbocycles. The van der Waals surface area contributed by atoms with Gasteiger partial charge in [0.1, 0.15) is 28.1 Å². The second kappa shape index (κ2) is 15.5. The number of hydrogen-bond donors (Lipinski definition) is 0. The number of para-hydroxylation sites is 3. The van der Waals surface area contributed by atoms with Gasteiger partial charge in [-0.05, 0) is 148 Å². The lowest BCUT2D eigenvalue weighted by Gasteiger charge is -2.43. The van der Waals surface area contributed by atoms with Crippen LogP contribution in [0, 0.1) is 13.8 Å². The Kier molecular flexibility index (Phi) is 9.17. The van der Waals surface area contributed by atoms with E-state index in [1.54, 1.807) is 0 Å². The smallest absolute Gasteiger partial charge is 0.257 e. The van der Waals surface area contributed by atoms with Crippen LogP contribution < -0.4 is 26.2 Å². The van der Waals surface area contributed by atoms with Gasteiger partial charge in [-0.1, -0.05) is 120 Å². The predicted molar refractivity (Wildman–Crippen MR) is 298 cm³/mol. The van der Waals surface area contributed by atoms with Crippen LogP contribution in [0.2, 0.25) is 0 Å². The van der Waals surface area contributed by atoms with Crippen molar-refractivity contribution in [2.45, 2.75) is 59.8 Å². The van der Waals surface area contributed by atoms with E-state index in [0.717, 1.165) is 123 Å². The fourth-order valence-corrected chi connectivity index (χ4v) is 11.8. The Bertz CT molecular complexity index is 4140. The molecule has 0 unspecified atom stereocenters. The van der Waals surface area contributed by atoms with E-state index in [1.807, 2.05) is 48.9 Å². The Labute approximate surface area is 418 Å². The van der Waals surface area contributed by atoms with Crippen LogP contribution in [-0.4, -0.2) is 6.71 Å². The lowest BCUT2D eigenvalue weighted by atomic mass is 9.33. The van der Waals surface area contributed by atoms with Gasteiger partial charge in [-0.3, -0.25) is 4.90 Å². The van der Waals surface area contributed by atoms with Crippen molar-refractivity contribution >= 4 is 101 Å². The molecule has 0 atom stereocenters. The summed E-state index contributed by atoms with van der Waals surface area (Å²) in [4.78, 5) is 4.97. The zero-order valence-corrected chi connectivity index (χ0v) is 41.4. The van der Waals surface area contributed by atoms with Crippen molar-refractivity contribution in [2.75, 3.05) is 9.80 Å². The number of benzene rings is 8. The lowest BCUT2D eigenvalue weighted by Crippen LogP contribution is -2.61. The molecule has 2 aliphatic heterocycles. The number of nitrogens with zero attached hydrogens (tertiary/aromatic N) is 2. The third-order valence-corrected chi connectivity index (χ3v) is 15.4. The summed E-state index contributed by atoms with van der Waals surface area (Å²) in [6.07, 6.45) is 3.80. The maximum atomic E-state index is 7.37. The van der Waals surface area contributed by atoms with E-state index in [0.29, 0.717) is 0 Å². The second-order valence-electron chi connectivity index (χ2n) is 21.2. The first kappa shape index (κ1) is 42.5. The van der Waals surface area contributed by atoms with Crippen LogP contribution in [0.3, 0.4) is 0 Å². The maximum absolute atomic E-state index is 7.37. The van der Waals surface area contributed by atoms with Crippen LogP contribution in [0.1, 0.15) is 62.8 Å². The van der Waals surface area contributed by atoms with Crippen LogP contribution in [0.4, 0.5) is 34.3 Å². The number of aryl methyl sites for hydroxylation is 2. The van der Waals surface area contributed by atoms with Crippen LogP contribution in [0.25, 0.3) is 77.5 Å². The largest absolute Gasteiger partial charge is 0.464 e. The van der Waals surface area contributed by atoms with E-state index >= 15 is 0 Å². The summed E-state index contributed by atoms with van der Waals surface area (Å²) in [5, 5.41) is 4.39. The highest BCUT2D eigenvalue weighted by molar-refractivity contribution is 7.01. The van der Waals surface area contributed by atoms with Crippen LogP contribution in [-0.2, 0) is 5.41 Å². The highest BCUT2D eigenvalue weighted by Crippen LogP contribution is 2.50. The van der Waals surface area contributed by atoms with Crippen LogP contribution in [0.15, 0.2) is 194 Å². The molecule has 14 rings (SSSR count). The molecular formula is C65H51BN2O4. The first-order chi connectivity index (χ1) is 35.0. The zero-order chi connectivity index (χ0) is 48.7. The molecule has 0 amide bonds. The van der Waals surface area contributed by atoms with Crippen molar-refractivity contribution in [3.05, 3.63) is 199 Å². The molecule has 7 heteroatoms. The third kappa shape index (κ3) is 6.36. The van der Waals surface area contributed by atoms with Crippen LogP contribution >= 0.6 is 0 Å². The van der Waals surface area contributed by atoms with Gasteiger partial charge in [0.2, 0.25) is 5.88 Å². The molecular weight excluding hydrogens is 884 g/mol. The lowest BCUT2D eigenvalue weighted by molar-refractivity contribution is 0.589. The molecule has 0 saturated heterocycles. The van der Waals surface area contributed by atoms with Gasteiger partial charge in [-0.2, -0.15) is 0 Å². The van der Waals surface area contributed by atoms with Crippen LogP contribution in [0.5, 0.6) is 0 Å². The quantitative estimate of drug-likeness (QED) is 0.155. The van der Waals surface area contributed by atoms with E-state index in [4.69, 9.17) is 17.7 Å². The highest BCUT2D eigenvalue weighted by Gasteiger charge is 2.47. The number of fused-ring (bicyclic) bond motifs is 9. The minimum Gasteiger partial charge on any atom is -0.464 e. The van der Waals surface area contributed by atoms with Gasteiger partial charge < -0.3 is 22.6 Å². The molecule has 12 aromatic rings. The van der Waals surface area contributed by atoms with Gasteiger partial charge in [-0.25, -0.2) is 0 Å². The summed E-state index contributed by atoms with van der Waals surface area (Å²) in [5.74, 6) is 1.92. The Hall–Kier alpha value is -8.42. The number of rotatable bonds is 6. The molecule has 0 saturated carbocycles. The minimum atomic E-state index is -0.170. The van der Waals surface area contributed by atoms with Gasteiger partial charge in [0.25, 0.3) is 6.71 Å². The Morgan fingerprint density at radius 2 is 1.15 bits per heavy atom. The predicted octanol–water partition coefficient (Wildman–Crippen LogP) is 16.8. The van der Waals surface area contributed by atoms with Crippen molar-refractivity contribution in [1.82, 2.24) is 0 Å². The zero-order valence-electron chi connectivity index (χ0n) is 41.4. The van der Waals surface area contributed by atoms with Crippen molar-refractivity contribution in [1.29, 1.82) is 0 Å². The van der Waals surface area contributed by atoms with E-state index in [1.165, 1.54) is 27.5 Å². The van der Waals surface area contributed by atoms with Crippen molar-refractivity contribution in [3.63, 3.8) is 0 Å². The average Bonchev–Trinajstić information content (AvgIpc) is 4.21. The molecule has 4 aromatic heterocycles. The first-order valence-electron chi connectivity index (χ1n) is 25.1. The Morgan fingerprint density at radius 3 is 1.83 bits per heavy atom. The topological polar surface area (TPSA) is 59.0 Å². The van der Waals surface area contributed by atoms with Gasteiger partial charge in [0, 0.05) is 66.4 Å². The average molecular weight is 935 g/mol. The van der Waals surface area contributed by atoms with E-state index in [2.05, 4.69) is 186 Å². The second-order valence-corrected chi connectivity index (χ2v) is 21.2. The summed E-state index contributed by atoms with van der Waals surface area (Å²) < 4.78 is 26.2. The molecule has 72 heavy (non-hydrogen) atoms. The molecule has 348 valence electrons. The highest BCUT2D eigenvalue weighted by atomic mass is 16.4. The summed E-state index contributed by atoms with van der Waals surface area (Å²) in [7, 11) is 0. The molecule has 0 bridgehead atoms. The number of furan rings is 4.